The van der Waals surface area contributed by atoms with Gasteiger partial charge in [0.1, 0.15) is 0 Å². The van der Waals surface area contributed by atoms with Crippen molar-refractivity contribution >= 4 is 70.3 Å². The zero-order valence-corrected chi connectivity index (χ0v) is 21.1. The summed E-state index contributed by atoms with van der Waals surface area (Å²) in [6.07, 6.45) is 1.76. The van der Waals surface area contributed by atoms with Gasteiger partial charge in [-0.05, 0) is 0 Å². The van der Waals surface area contributed by atoms with E-state index in [1.165, 1.54) is 8.92 Å². The van der Waals surface area contributed by atoms with Gasteiger partial charge in [-0.15, -0.1) is 0 Å². The number of rotatable bonds is 6. The summed E-state index contributed by atoms with van der Waals surface area (Å²) in [5, 5.41) is 4.18. The monoisotopic (exact) mass is 560 g/mol. The molecule has 0 saturated carbocycles. The molecule has 0 aliphatic heterocycles. The number of carbonyl (C=O) groups excluding carboxylic acids is 1. The van der Waals surface area contributed by atoms with Gasteiger partial charge < -0.3 is 0 Å². The topological polar surface area (TPSA) is 42.0 Å². The van der Waals surface area contributed by atoms with E-state index in [1.807, 2.05) is 42.5 Å². The normalized spacial score (nSPS) is 10.8. The molecule has 1 heterocycles. The first-order valence-corrected chi connectivity index (χ1v) is 13.9. The van der Waals surface area contributed by atoms with Gasteiger partial charge in [0.15, 0.2) is 0 Å². The predicted molar refractivity (Wildman–Crippen MR) is 139 cm³/mol. The average Bonchev–Trinajstić information content (AvgIpc) is 2.86. The number of pyridine rings is 1. The SMILES string of the molecule is O=C(Nc1cccc2cccnc12)c1c([Se]c2ccccc2)cccc1[Se]c1ccccc1. The number of fused-ring (bicyclic) bond motifs is 1. The summed E-state index contributed by atoms with van der Waals surface area (Å²) >= 11 is 0.0431. The molecule has 0 saturated heterocycles. The molecular formula is C28H20N2OSe2. The minimum absolute atomic E-state index is 0.0215. The first-order chi connectivity index (χ1) is 16.3. The Morgan fingerprint density at radius 1 is 0.636 bits per heavy atom. The van der Waals surface area contributed by atoms with Crippen LogP contribution in [0.15, 0.2) is 115 Å². The van der Waals surface area contributed by atoms with Crippen molar-refractivity contribution in [3.8, 4) is 0 Å². The van der Waals surface area contributed by atoms with Crippen LogP contribution in [0.2, 0.25) is 0 Å². The van der Waals surface area contributed by atoms with Gasteiger partial charge in [-0.3, -0.25) is 0 Å². The molecule has 0 unspecified atom stereocenters. The van der Waals surface area contributed by atoms with Gasteiger partial charge in [-0.1, -0.05) is 0 Å². The number of nitrogens with zero attached hydrogens (tertiary/aromatic N) is 1. The van der Waals surface area contributed by atoms with Crippen LogP contribution >= 0.6 is 0 Å². The Labute approximate surface area is 205 Å². The first kappa shape index (κ1) is 21.6. The third kappa shape index (κ3) is 5.08. The van der Waals surface area contributed by atoms with E-state index >= 15 is 0 Å². The maximum absolute atomic E-state index is 13.8. The molecule has 0 spiro atoms. The second kappa shape index (κ2) is 10.2. The summed E-state index contributed by atoms with van der Waals surface area (Å²) in [7, 11) is 0. The van der Waals surface area contributed by atoms with Crippen molar-refractivity contribution in [1.82, 2.24) is 4.98 Å². The van der Waals surface area contributed by atoms with Crippen molar-refractivity contribution in [3.63, 3.8) is 0 Å². The molecule has 0 fully saturated rings. The van der Waals surface area contributed by atoms with Crippen molar-refractivity contribution in [2.24, 2.45) is 0 Å². The van der Waals surface area contributed by atoms with E-state index in [0.717, 1.165) is 31.1 Å². The Bertz CT molecular complexity index is 1340. The number of amides is 1. The molecule has 5 aromatic rings. The Kier molecular flexibility index (Phi) is 6.66. The summed E-state index contributed by atoms with van der Waals surface area (Å²) in [6, 6.07) is 36.8. The van der Waals surface area contributed by atoms with Crippen LogP contribution in [0.4, 0.5) is 5.69 Å². The molecule has 0 atom stereocenters. The summed E-state index contributed by atoms with van der Waals surface area (Å²) < 4.78 is 4.68. The molecule has 1 N–H and O–H groups in total. The van der Waals surface area contributed by atoms with Gasteiger partial charge in [0.25, 0.3) is 0 Å². The molecule has 3 nitrogen and oxygen atoms in total. The van der Waals surface area contributed by atoms with Crippen LogP contribution in [-0.2, 0) is 0 Å². The van der Waals surface area contributed by atoms with E-state index < -0.39 is 0 Å². The molecule has 5 heteroatoms. The van der Waals surface area contributed by atoms with Crippen LogP contribution in [0.1, 0.15) is 10.4 Å². The average molecular weight is 558 g/mol. The second-order valence-corrected chi connectivity index (χ2v) is 12.0. The molecule has 0 radical (unpaired) electrons. The number of nitrogens with one attached hydrogen (secondary N) is 1. The number of aromatic nitrogens is 1. The van der Waals surface area contributed by atoms with Gasteiger partial charge in [-0.25, -0.2) is 0 Å². The quantitative estimate of drug-likeness (QED) is 0.326. The zero-order valence-electron chi connectivity index (χ0n) is 17.6. The van der Waals surface area contributed by atoms with E-state index in [2.05, 4.69) is 77.0 Å². The van der Waals surface area contributed by atoms with Crippen molar-refractivity contribution in [1.29, 1.82) is 0 Å². The van der Waals surface area contributed by atoms with Crippen molar-refractivity contribution in [2.45, 2.75) is 0 Å². The number of carbonyl (C=O) groups is 1. The number of hydrogen-bond donors (Lipinski definition) is 1. The number of para-hydroxylation sites is 1. The molecule has 0 bridgehead atoms. The molecular weight excluding hydrogens is 538 g/mol. The fourth-order valence-corrected chi connectivity index (χ4v) is 8.04. The number of anilines is 1. The Morgan fingerprint density at radius 2 is 1.21 bits per heavy atom. The van der Waals surface area contributed by atoms with Gasteiger partial charge in [0, 0.05) is 0 Å². The van der Waals surface area contributed by atoms with Crippen molar-refractivity contribution in [2.75, 3.05) is 5.32 Å². The summed E-state index contributed by atoms with van der Waals surface area (Å²) in [5.41, 5.74) is 2.32. The molecule has 1 aromatic heterocycles. The van der Waals surface area contributed by atoms with E-state index in [1.54, 1.807) is 6.20 Å². The van der Waals surface area contributed by atoms with E-state index in [9.17, 15) is 4.79 Å². The maximum atomic E-state index is 13.8. The van der Waals surface area contributed by atoms with Crippen LogP contribution in [0, 0.1) is 0 Å². The van der Waals surface area contributed by atoms with Gasteiger partial charge in [0.2, 0.25) is 0 Å². The first-order valence-electron chi connectivity index (χ1n) is 10.5. The van der Waals surface area contributed by atoms with Gasteiger partial charge in [0.05, 0.1) is 0 Å². The fourth-order valence-electron chi connectivity index (χ4n) is 3.53. The third-order valence-corrected chi connectivity index (χ3v) is 9.52. The van der Waals surface area contributed by atoms with E-state index in [-0.39, 0.29) is 35.8 Å². The van der Waals surface area contributed by atoms with Crippen LogP contribution in [0.3, 0.4) is 0 Å². The van der Waals surface area contributed by atoms with Crippen molar-refractivity contribution in [3.05, 3.63) is 121 Å². The second-order valence-electron chi connectivity index (χ2n) is 7.29. The molecule has 4 aromatic carbocycles. The van der Waals surface area contributed by atoms with Crippen LogP contribution in [-0.4, -0.2) is 40.8 Å². The Balaban J connectivity index is 1.56. The predicted octanol–water partition coefficient (Wildman–Crippen LogP) is 2.80. The zero-order chi connectivity index (χ0) is 22.5. The summed E-state index contributed by atoms with van der Waals surface area (Å²) in [4.78, 5) is 18.3. The standard InChI is InChI=1S/C28H20N2OSe2/c31-28(30-23-16-7-10-20-11-9-19-29-27(20)23)26-24(32-21-12-3-1-4-13-21)17-8-18-25(26)33-22-14-5-2-6-15-22/h1-19H,(H,30,31). The van der Waals surface area contributed by atoms with Crippen molar-refractivity contribution < 1.29 is 4.79 Å². The summed E-state index contributed by atoms with van der Waals surface area (Å²) in [5.74, 6) is -0.0747. The molecule has 33 heavy (non-hydrogen) atoms. The Morgan fingerprint density at radius 3 is 1.85 bits per heavy atom. The van der Waals surface area contributed by atoms with E-state index in [0.29, 0.717) is 0 Å². The molecule has 5 rings (SSSR count). The summed E-state index contributed by atoms with van der Waals surface area (Å²) in [6.45, 7) is 0. The number of hydrogen-bond acceptors (Lipinski definition) is 2. The fraction of sp³-hybridized carbons (Fsp3) is 0. The number of benzene rings is 4. The molecule has 160 valence electrons. The molecule has 0 aliphatic rings. The third-order valence-electron chi connectivity index (χ3n) is 5.04. The van der Waals surface area contributed by atoms with Crippen LogP contribution in [0.5, 0.6) is 0 Å². The van der Waals surface area contributed by atoms with Crippen LogP contribution < -0.4 is 23.2 Å². The Hall–Kier alpha value is -3.20. The van der Waals surface area contributed by atoms with Gasteiger partial charge >= 0.3 is 206 Å². The molecule has 0 aliphatic carbocycles. The van der Waals surface area contributed by atoms with Gasteiger partial charge in [-0.2, -0.15) is 0 Å². The van der Waals surface area contributed by atoms with Crippen LogP contribution in [0.25, 0.3) is 10.9 Å². The minimum atomic E-state index is -0.0747. The van der Waals surface area contributed by atoms with E-state index in [4.69, 9.17) is 0 Å². The molecule has 1 amide bonds.